The van der Waals surface area contributed by atoms with Gasteiger partial charge in [0, 0.05) is 10.0 Å². The first-order valence-corrected chi connectivity index (χ1v) is 4.30. The summed E-state index contributed by atoms with van der Waals surface area (Å²) in [5, 5.41) is 0. The molecule has 12 heavy (non-hydrogen) atoms. The number of benzene rings is 1. The van der Waals surface area contributed by atoms with Gasteiger partial charge in [0.1, 0.15) is 6.29 Å². The van der Waals surface area contributed by atoms with E-state index in [1.807, 2.05) is 24.3 Å². The molecule has 2 heteroatoms. The van der Waals surface area contributed by atoms with Crippen LogP contribution < -0.4 is 0 Å². The normalized spacial score (nSPS) is 8.42. The van der Waals surface area contributed by atoms with Gasteiger partial charge in [0.2, 0.25) is 0 Å². The summed E-state index contributed by atoms with van der Waals surface area (Å²) in [5.41, 5.74) is 0.931. The average molecular weight is 223 g/mol. The quantitative estimate of drug-likeness (QED) is 0.527. The molecule has 0 heterocycles. The number of rotatable bonds is 1. The van der Waals surface area contributed by atoms with Crippen LogP contribution in [-0.4, -0.2) is 6.29 Å². The highest BCUT2D eigenvalue weighted by Gasteiger charge is 1.85. The van der Waals surface area contributed by atoms with E-state index >= 15 is 0 Å². The van der Waals surface area contributed by atoms with Crippen LogP contribution in [0.1, 0.15) is 12.0 Å². The zero-order chi connectivity index (χ0) is 8.81. The van der Waals surface area contributed by atoms with Crippen LogP contribution >= 0.6 is 15.9 Å². The van der Waals surface area contributed by atoms with Gasteiger partial charge in [-0.3, -0.25) is 0 Å². The summed E-state index contributed by atoms with van der Waals surface area (Å²) >= 11 is 3.32. The van der Waals surface area contributed by atoms with Gasteiger partial charge in [-0.05, 0) is 24.3 Å². The highest BCUT2D eigenvalue weighted by Crippen LogP contribution is 2.09. The standard InChI is InChI=1S/C10H7BrO/c11-10-6-4-9(5-7-10)3-1-2-8-12/h4-8H,2H2. The Morgan fingerprint density at radius 2 is 2.00 bits per heavy atom. The minimum atomic E-state index is 0.302. The maximum absolute atomic E-state index is 9.94. The Balaban J connectivity index is 2.72. The smallest absolute Gasteiger partial charge is 0.131 e. The van der Waals surface area contributed by atoms with Crippen molar-refractivity contribution in [2.75, 3.05) is 0 Å². The van der Waals surface area contributed by atoms with Crippen LogP contribution in [0, 0.1) is 11.8 Å². The predicted molar refractivity (Wildman–Crippen MR) is 51.7 cm³/mol. The Hall–Kier alpha value is -1.07. The van der Waals surface area contributed by atoms with Crippen LogP contribution in [0.2, 0.25) is 0 Å². The lowest BCUT2D eigenvalue weighted by Gasteiger charge is -1.89. The molecule has 0 radical (unpaired) electrons. The van der Waals surface area contributed by atoms with Crippen molar-refractivity contribution in [3.05, 3.63) is 34.3 Å². The van der Waals surface area contributed by atoms with E-state index < -0.39 is 0 Å². The summed E-state index contributed by atoms with van der Waals surface area (Å²) in [6, 6.07) is 7.65. The summed E-state index contributed by atoms with van der Waals surface area (Å²) in [6.07, 6.45) is 1.10. The molecule has 1 rings (SSSR count). The van der Waals surface area contributed by atoms with Crippen molar-refractivity contribution in [3.8, 4) is 11.8 Å². The van der Waals surface area contributed by atoms with E-state index in [1.54, 1.807) is 0 Å². The molecule has 0 aliphatic heterocycles. The molecule has 1 aromatic carbocycles. The highest BCUT2D eigenvalue weighted by atomic mass is 79.9. The number of aldehydes is 1. The number of carbonyl (C=O) groups excluding carboxylic acids is 1. The maximum atomic E-state index is 9.94. The van der Waals surface area contributed by atoms with Crippen molar-refractivity contribution < 1.29 is 4.79 Å². The number of hydrogen-bond donors (Lipinski definition) is 0. The third-order valence-electron chi connectivity index (χ3n) is 1.26. The second kappa shape index (κ2) is 4.74. The van der Waals surface area contributed by atoms with Gasteiger partial charge in [-0.2, -0.15) is 0 Å². The zero-order valence-electron chi connectivity index (χ0n) is 6.38. The van der Waals surface area contributed by atoms with E-state index in [4.69, 9.17) is 0 Å². The lowest BCUT2D eigenvalue weighted by molar-refractivity contribution is -0.107. The lowest BCUT2D eigenvalue weighted by atomic mass is 10.2. The third kappa shape index (κ3) is 2.89. The molecule has 0 aliphatic rings. The Labute approximate surface area is 79.9 Å². The van der Waals surface area contributed by atoms with E-state index in [-0.39, 0.29) is 0 Å². The lowest BCUT2D eigenvalue weighted by Crippen LogP contribution is -1.73. The molecular formula is C10H7BrO. The predicted octanol–water partition coefficient (Wildman–Crippen LogP) is 2.39. The first-order valence-electron chi connectivity index (χ1n) is 3.51. The van der Waals surface area contributed by atoms with E-state index in [0.717, 1.165) is 16.3 Å². The van der Waals surface area contributed by atoms with Crippen molar-refractivity contribution in [1.29, 1.82) is 0 Å². The van der Waals surface area contributed by atoms with Crippen molar-refractivity contribution in [2.45, 2.75) is 6.42 Å². The van der Waals surface area contributed by atoms with Crippen molar-refractivity contribution in [3.63, 3.8) is 0 Å². The van der Waals surface area contributed by atoms with E-state index in [1.165, 1.54) is 0 Å². The van der Waals surface area contributed by atoms with Gasteiger partial charge in [0.05, 0.1) is 6.42 Å². The second-order valence-electron chi connectivity index (χ2n) is 2.18. The van der Waals surface area contributed by atoms with Crippen LogP contribution in [-0.2, 0) is 4.79 Å². The van der Waals surface area contributed by atoms with Gasteiger partial charge < -0.3 is 4.79 Å². The van der Waals surface area contributed by atoms with Crippen molar-refractivity contribution >= 4 is 22.2 Å². The molecule has 0 saturated heterocycles. The summed E-state index contributed by atoms with van der Waals surface area (Å²) in [4.78, 5) is 9.94. The molecule has 0 atom stereocenters. The van der Waals surface area contributed by atoms with Crippen molar-refractivity contribution in [2.24, 2.45) is 0 Å². The minimum absolute atomic E-state index is 0.302. The maximum Gasteiger partial charge on any atom is 0.131 e. The van der Waals surface area contributed by atoms with Gasteiger partial charge in [-0.15, -0.1) is 0 Å². The van der Waals surface area contributed by atoms with Crippen LogP contribution in [0.4, 0.5) is 0 Å². The van der Waals surface area contributed by atoms with Crippen LogP contribution in [0.25, 0.3) is 0 Å². The largest absolute Gasteiger partial charge is 0.302 e. The van der Waals surface area contributed by atoms with Gasteiger partial charge >= 0.3 is 0 Å². The Bertz CT molecular complexity index is 316. The average Bonchev–Trinajstić information content (AvgIpc) is 2.09. The molecule has 0 amide bonds. The van der Waals surface area contributed by atoms with Crippen LogP contribution in [0.15, 0.2) is 28.7 Å². The molecular weight excluding hydrogens is 216 g/mol. The molecule has 0 aromatic heterocycles. The van der Waals surface area contributed by atoms with E-state index in [2.05, 4.69) is 27.8 Å². The van der Waals surface area contributed by atoms with Crippen LogP contribution in [0.5, 0.6) is 0 Å². The first kappa shape index (κ1) is 9.02. The van der Waals surface area contributed by atoms with Gasteiger partial charge in [0.25, 0.3) is 0 Å². The number of hydrogen-bond acceptors (Lipinski definition) is 1. The molecule has 1 nitrogen and oxygen atoms in total. The van der Waals surface area contributed by atoms with Gasteiger partial charge in [-0.1, -0.05) is 27.8 Å². The molecule has 60 valence electrons. The molecule has 0 unspecified atom stereocenters. The molecule has 0 spiro atoms. The third-order valence-corrected chi connectivity index (χ3v) is 1.79. The van der Waals surface area contributed by atoms with E-state index in [9.17, 15) is 4.79 Å². The molecule has 0 aliphatic carbocycles. The number of halogens is 1. The van der Waals surface area contributed by atoms with Crippen LogP contribution in [0.3, 0.4) is 0 Å². The minimum Gasteiger partial charge on any atom is -0.302 e. The first-order chi connectivity index (χ1) is 5.83. The fourth-order valence-corrected chi connectivity index (χ4v) is 0.992. The molecule has 1 aromatic rings. The summed E-state index contributed by atoms with van der Waals surface area (Å²) in [5.74, 6) is 5.61. The second-order valence-corrected chi connectivity index (χ2v) is 3.10. The monoisotopic (exact) mass is 222 g/mol. The SMILES string of the molecule is O=CCC#Cc1ccc(Br)cc1. The Kier molecular flexibility index (Phi) is 3.56. The molecule has 0 N–H and O–H groups in total. The topological polar surface area (TPSA) is 17.1 Å². The molecule has 0 saturated carbocycles. The Morgan fingerprint density at radius 1 is 1.33 bits per heavy atom. The van der Waals surface area contributed by atoms with Gasteiger partial charge in [-0.25, -0.2) is 0 Å². The summed E-state index contributed by atoms with van der Waals surface area (Å²) in [6.45, 7) is 0. The van der Waals surface area contributed by atoms with E-state index in [0.29, 0.717) is 6.42 Å². The van der Waals surface area contributed by atoms with Gasteiger partial charge in [0.15, 0.2) is 0 Å². The number of carbonyl (C=O) groups is 1. The highest BCUT2D eigenvalue weighted by molar-refractivity contribution is 9.10. The Morgan fingerprint density at radius 3 is 2.58 bits per heavy atom. The van der Waals surface area contributed by atoms with Crippen molar-refractivity contribution in [1.82, 2.24) is 0 Å². The fourth-order valence-electron chi connectivity index (χ4n) is 0.728. The molecule has 0 fully saturated rings. The molecule has 0 bridgehead atoms. The summed E-state index contributed by atoms with van der Waals surface area (Å²) in [7, 11) is 0. The fraction of sp³-hybridized carbons (Fsp3) is 0.100. The zero-order valence-corrected chi connectivity index (χ0v) is 7.97. The summed E-state index contributed by atoms with van der Waals surface area (Å²) < 4.78 is 1.03.